The summed E-state index contributed by atoms with van der Waals surface area (Å²) < 4.78 is 61.7. The monoisotopic (exact) mass is 489 g/mol. The SMILES string of the molecule is N#Cc1cccc(-c2cc(C(F)(F)F)c(N[C@H]3C[C@@H]4CN(CC5CCOCC5)C[C@@H]4C3)nn2)c1F. The summed E-state index contributed by atoms with van der Waals surface area (Å²) in [6, 6.07) is 6.33. The summed E-state index contributed by atoms with van der Waals surface area (Å²) in [5.41, 5.74) is -1.69. The quantitative estimate of drug-likeness (QED) is 0.613. The maximum atomic E-state index is 14.5. The van der Waals surface area contributed by atoms with Crippen LogP contribution in [0.1, 0.15) is 36.8 Å². The summed E-state index contributed by atoms with van der Waals surface area (Å²) in [7, 11) is 0. The van der Waals surface area contributed by atoms with Crippen LogP contribution in [0.3, 0.4) is 0 Å². The number of nitrogens with zero attached hydrogens (tertiary/aromatic N) is 4. The van der Waals surface area contributed by atoms with Gasteiger partial charge in [0.2, 0.25) is 0 Å². The normalized spacial score (nSPS) is 25.4. The van der Waals surface area contributed by atoms with Crippen LogP contribution in [0, 0.1) is 34.9 Å². The zero-order valence-corrected chi connectivity index (χ0v) is 19.2. The van der Waals surface area contributed by atoms with E-state index in [0.717, 1.165) is 64.6 Å². The minimum Gasteiger partial charge on any atom is -0.381 e. The van der Waals surface area contributed by atoms with Gasteiger partial charge in [0, 0.05) is 44.5 Å². The molecule has 3 aliphatic rings. The lowest BCUT2D eigenvalue weighted by molar-refractivity contribution is -0.137. The Kier molecular flexibility index (Phi) is 6.64. The maximum Gasteiger partial charge on any atom is 0.420 e. The van der Waals surface area contributed by atoms with Gasteiger partial charge in [-0.3, -0.25) is 0 Å². The molecule has 1 N–H and O–H groups in total. The van der Waals surface area contributed by atoms with Crippen molar-refractivity contribution in [1.29, 1.82) is 5.26 Å². The van der Waals surface area contributed by atoms with Crippen LogP contribution >= 0.6 is 0 Å². The van der Waals surface area contributed by atoms with E-state index in [2.05, 4.69) is 20.4 Å². The molecule has 3 atom stereocenters. The Morgan fingerprint density at radius 1 is 1.11 bits per heavy atom. The summed E-state index contributed by atoms with van der Waals surface area (Å²) in [6.45, 7) is 4.68. The molecule has 2 saturated heterocycles. The lowest BCUT2D eigenvalue weighted by Crippen LogP contribution is -2.32. The molecule has 5 rings (SSSR count). The summed E-state index contributed by atoms with van der Waals surface area (Å²) in [6.07, 6.45) is -0.931. The second-order valence-corrected chi connectivity index (χ2v) is 9.88. The molecule has 1 aromatic carbocycles. The average molecular weight is 490 g/mol. The zero-order chi connectivity index (χ0) is 24.6. The third kappa shape index (κ3) is 5.11. The summed E-state index contributed by atoms with van der Waals surface area (Å²) in [5.74, 6) is 0.334. The third-order valence-corrected chi connectivity index (χ3v) is 7.52. The summed E-state index contributed by atoms with van der Waals surface area (Å²) in [5, 5.41) is 19.7. The predicted molar refractivity (Wildman–Crippen MR) is 121 cm³/mol. The number of likely N-dealkylation sites (tertiary alicyclic amines) is 1. The molecule has 0 amide bonds. The molecule has 3 heterocycles. The summed E-state index contributed by atoms with van der Waals surface area (Å²) >= 11 is 0. The molecule has 35 heavy (non-hydrogen) atoms. The first-order chi connectivity index (χ1) is 16.8. The highest BCUT2D eigenvalue weighted by atomic mass is 19.4. The van der Waals surface area contributed by atoms with Crippen molar-refractivity contribution in [1.82, 2.24) is 15.1 Å². The molecule has 0 radical (unpaired) electrons. The first-order valence-corrected chi connectivity index (χ1v) is 12.0. The molecule has 6 nitrogen and oxygen atoms in total. The van der Waals surface area contributed by atoms with E-state index in [0.29, 0.717) is 17.8 Å². The van der Waals surface area contributed by atoms with Crippen LogP contribution in [0.25, 0.3) is 11.3 Å². The number of hydrogen-bond acceptors (Lipinski definition) is 6. The standard InChI is InChI=1S/C25H27F4N5O/c26-23-16(11-30)2-1-3-20(23)22-10-21(25(27,28)29)24(33-32-22)31-19-8-17-13-34(14-18(17)9-19)12-15-4-6-35-7-5-15/h1-3,10,15,17-19H,4-9,12-14H2,(H,31,33)/t17-,18+,19+. The largest absolute Gasteiger partial charge is 0.420 e. The van der Waals surface area contributed by atoms with Crippen molar-refractivity contribution in [3.05, 3.63) is 41.2 Å². The van der Waals surface area contributed by atoms with Crippen molar-refractivity contribution >= 4 is 5.82 Å². The van der Waals surface area contributed by atoms with Crippen LogP contribution in [0.2, 0.25) is 0 Å². The number of ether oxygens (including phenoxy) is 1. The lowest BCUT2D eigenvalue weighted by Gasteiger charge is -2.28. The van der Waals surface area contributed by atoms with E-state index >= 15 is 0 Å². The van der Waals surface area contributed by atoms with Gasteiger partial charge in [0.25, 0.3) is 0 Å². The van der Waals surface area contributed by atoms with Gasteiger partial charge in [0.05, 0.1) is 11.3 Å². The van der Waals surface area contributed by atoms with E-state index < -0.39 is 17.6 Å². The fraction of sp³-hybridized carbons (Fsp3) is 0.560. The minimum absolute atomic E-state index is 0.116. The van der Waals surface area contributed by atoms with E-state index in [1.807, 2.05) is 0 Å². The number of aromatic nitrogens is 2. The molecule has 2 aliphatic heterocycles. The fourth-order valence-electron chi connectivity index (χ4n) is 5.81. The van der Waals surface area contributed by atoms with Crippen LogP contribution in [0.15, 0.2) is 24.3 Å². The Bertz CT molecular complexity index is 1100. The molecular formula is C25H27F4N5O. The second-order valence-electron chi connectivity index (χ2n) is 9.88. The highest BCUT2D eigenvalue weighted by Crippen LogP contribution is 2.42. The molecular weight excluding hydrogens is 462 g/mol. The number of fused-ring (bicyclic) bond motifs is 1. The average Bonchev–Trinajstić information content (AvgIpc) is 3.37. The zero-order valence-electron chi connectivity index (χ0n) is 19.2. The van der Waals surface area contributed by atoms with Gasteiger partial charge < -0.3 is 15.0 Å². The summed E-state index contributed by atoms with van der Waals surface area (Å²) in [4.78, 5) is 2.50. The van der Waals surface area contributed by atoms with Crippen molar-refractivity contribution in [2.45, 2.75) is 37.9 Å². The molecule has 0 bridgehead atoms. The molecule has 2 aromatic rings. The van der Waals surface area contributed by atoms with Crippen LogP contribution in [0.4, 0.5) is 23.4 Å². The molecule has 1 saturated carbocycles. The molecule has 1 aliphatic carbocycles. The number of rotatable bonds is 5. The van der Waals surface area contributed by atoms with Gasteiger partial charge >= 0.3 is 6.18 Å². The highest BCUT2D eigenvalue weighted by molar-refractivity contribution is 5.65. The molecule has 1 aromatic heterocycles. The number of benzene rings is 1. The Morgan fingerprint density at radius 2 is 1.83 bits per heavy atom. The number of anilines is 1. The van der Waals surface area contributed by atoms with Crippen molar-refractivity contribution in [3.8, 4) is 17.3 Å². The van der Waals surface area contributed by atoms with Crippen LogP contribution in [0.5, 0.6) is 0 Å². The van der Waals surface area contributed by atoms with Crippen molar-refractivity contribution in [2.24, 2.45) is 17.8 Å². The number of halogens is 4. The topological polar surface area (TPSA) is 74.1 Å². The number of nitriles is 1. The van der Waals surface area contributed by atoms with E-state index in [1.165, 1.54) is 18.2 Å². The van der Waals surface area contributed by atoms with Gasteiger partial charge in [-0.05, 0) is 61.6 Å². The van der Waals surface area contributed by atoms with Gasteiger partial charge in [-0.25, -0.2) is 4.39 Å². The van der Waals surface area contributed by atoms with Crippen molar-refractivity contribution in [3.63, 3.8) is 0 Å². The Balaban J connectivity index is 1.28. The van der Waals surface area contributed by atoms with E-state index in [-0.39, 0.29) is 28.7 Å². The van der Waals surface area contributed by atoms with Crippen LogP contribution in [-0.2, 0) is 10.9 Å². The number of hydrogen-bond donors (Lipinski definition) is 1. The van der Waals surface area contributed by atoms with Gasteiger partial charge in [-0.1, -0.05) is 6.07 Å². The molecule has 0 spiro atoms. The smallest absolute Gasteiger partial charge is 0.381 e. The fourth-order valence-corrected chi connectivity index (χ4v) is 5.81. The van der Waals surface area contributed by atoms with Gasteiger partial charge in [0.15, 0.2) is 5.82 Å². The maximum absolute atomic E-state index is 14.5. The van der Waals surface area contributed by atoms with Gasteiger partial charge in [-0.15, -0.1) is 10.2 Å². The first kappa shape index (κ1) is 23.9. The van der Waals surface area contributed by atoms with Crippen molar-refractivity contribution in [2.75, 3.05) is 38.2 Å². The highest BCUT2D eigenvalue weighted by Gasteiger charge is 2.43. The van der Waals surface area contributed by atoms with Gasteiger partial charge in [0.1, 0.15) is 17.4 Å². The lowest BCUT2D eigenvalue weighted by atomic mass is 10.00. The first-order valence-electron chi connectivity index (χ1n) is 12.0. The second kappa shape index (κ2) is 9.70. The van der Waals surface area contributed by atoms with E-state index in [4.69, 9.17) is 10.00 Å². The molecule has 186 valence electrons. The molecule has 0 unspecified atom stereocenters. The molecule has 10 heteroatoms. The third-order valence-electron chi connectivity index (χ3n) is 7.52. The van der Waals surface area contributed by atoms with E-state index in [9.17, 15) is 17.6 Å². The van der Waals surface area contributed by atoms with Crippen molar-refractivity contribution < 1.29 is 22.3 Å². The Labute approximate surface area is 201 Å². The molecule has 3 fully saturated rings. The van der Waals surface area contributed by atoms with Crippen LogP contribution in [-0.4, -0.2) is 54.0 Å². The Morgan fingerprint density at radius 3 is 2.49 bits per heavy atom. The van der Waals surface area contributed by atoms with Gasteiger partial charge in [-0.2, -0.15) is 18.4 Å². The number of alkyl halides is 3. The minimum atomic E-state index is -4.69. The number of nitrogens with one attached hydrogen (secondary N) is 1. The van der Waals surface area contributed by atoms with E-state index in [1.54, 1.807) is 6.07 Å². The predicted octanol–water partition coefficient (Wildman–Crippen LogP) is 4.72. The van der Waals surface area contributed by atoms with Crippen LogP contribution < -0.4 is 5.32 Å². The Hall–Kier alpha value is -2.77.